The minimum absolute atomic E-state index is 0.315. The molecule has 1 atom stereocenters. The first-order valence-electron chi connectivity index (χ1n) is 8.03. The molecule has 0 unspecified atom stereocenters. The Morgan fingerprint density at radius 3 is 2.81 bits per heavy atom. The second-order valence-corrected chi connectivity index (χ2v) is 7.42. The predicted molar refractivity (Wildman–Crippen MR) is 105 cm³/mol. The fraction of sp³-hybridized carbons (Fsp3) is 0.278. The molecule has 136 valence electrons. The van der Waals surface area contributed by atoms with E-state index in [1.807, 2.05) is 42.8 Å². The Morgan fingerprint density at radius 2 is 2.12 bits per heavy atom. The van der Waals surface area contributed by atoms with E-state index in [1.54, 1.807) is 21.5 Å². The second kappa shape index (κ2) is 8.37. The first-order chi connectivity index (χ1) is 12.6. The third-order valence-corrected chi connectivity index (χ3v) is 5.40. The lowest BCUT2D eigenvalue weighted by Crippen LogP contribution is -2.42. The minimum atomic E-state index is -0.660. The first kappa shape index (κ1) is 18.5. The van der Waals surface area contributed by atoms with Crippen LogP contribution in [0.3, 0.4) is 0 Å². The molecular formula is C18H19N3O3S2. The molecule has 0 saturated carbocycles. The number of aromatic nitrogens is 2. The molecular weight excluding hydrogens is 370 g/mol. The molecule has 8 heteroatoms. The van der Waals surface area contributed by atoms with Crippen molar-refractivity contribution in [2.45, 2.75) is 12.5 Å². The highest BCUT2D eigenvalue weighted by Crippen LogP contribution is 2.23. The number of amides is 1. The normalized spacial score (nSPS) is 12.1. The number of hydrogen-bond acceptors (Lipinski definition) is 6. The first-order valence-corrected chi connectivity index (χ1v) is 10.3. The maximum Gasteiger partial charge on any atom is 0.328 e. The molecule has 1 N–H and O–H groups in total. The van der Waals surface area contributed by atoms with Gasteiger partial charge in [0.15, 0.2) is 4.96 Å². The minimum Gasteiger partial charge on any atom is -0.467 e. The van der Waals surface area contributed by atoms with Crippen LogP contribution in [0.2, 0.25) is 0 Å². The highest BCUT2D eigenvalue weighted by molar-refractivity contribution is 7.98. The topological polar surface area (TPSA) is 72.7 Å². The summed E-state index contributed by atoms with van der Waals surface area (Å²) in [6.45, 7) is 0. The molecule has 2 aromatic heterocycles. The Kier molecular flexibility index (Phi) is 5.95. The fourth-order valence-corrected chi connectivity index (χ4v) is 3.88. The van der Waals surface area contributed by atoms with E-state index in [1.165, 1.54) is 18.4 Å². The zero-order valence-corrected chi connectivity index (χ0v) is 16.1. The number of esters is 1. The lowest BCUT2D eigenvalue weighted by molar-refractivity contribution is -0.142. The summed E-state index contributed by atoms with van der Waals surface area (Å²) in [6, 6.07) is 9.13. The van der Waals surface area contributed by atoms with Crippen LogP contribution >= 0.6 is 23.1 Å². The van der Waals surface area contributed by atoms with E-state index in [2.05, 4.69) is 10.3 Å². The second-order valence-electron chi connectivity index (χ2n) is 5.60. The zero-order valence-electron chi connectivity index (χ0n) is 14.5. The molecule has 6 nitrogen and oxygen atoms in total. The number of methoxy groups -OCH3 is 1. The van der Waals surface area contributed by atoms with Gasteiger partial charge < -0.3 is 10.1 Å². The summed E-state index contributed by atoms with van der Waals surface area (Å²) in [5.41, 5.74) is 2.25. The molecule has 0 aliphatic rings. The van der Waals surface area contributed by atoms with E-state index >= 15 is 0 Å². The van der Waals surface area contributed by atoms with Gasteiger partial charge in [-0.1, -0.05) is 30.3 Å². The van der Waals surface area contributed by atoms with Crippen LogP contribution in [0.1, 0.15) is 16.9 Å². The number of rotatable bonds is 7. The van der Waals surface area contributed by atoms with Gasteiger partial charge in [0.05, 0.1) is 12.8 Å². The van der Waals surface area contributed by atoms with Crippen molar-refractivity contribution in [1.29, 1.82) is 0 Å². The number of fused-ring (bicyclic) bond motifs is 1. The van der Waals surface area contributed by atoms with Gasteiger partial charge in [0, 0.05) is 17.1 Å². The lowest BCUT2D eigenvalue weighted by atomic mass is 10.2. The van der Waals surface area contributed by atoms with E-state index in [9.17, 15) is 9.59 Å². The number of imidazole rings is 1. The molecule has 3 rings (SSSR count). The van der Waals surface area contributed by atoms with Gasteiger partial charge in [-0.2, -0.15) is 11.8 Å². The van der Waals surface area contributed by atoms with Crippen molar-refractivity contribution >= 4 is 39.9 Å². The number of ether oxygens (including phenoxy) is 1. The summed E-state index contributed by atoms with van der Waals surface area (Å²) in [5.74, 6) is 0.00161. The molecule has 0 aliphatic heterocycles. The summed E-state index contributed by atoms with van der Waals surface area (Å²) in [6.07, 6.45) is 4.31. The van der Waals surface area contributed by atoms with Crippen molar-refractivity contribution in [3.8, 4) is 11.3 Å². The molecule has 0 radical (unpaired) electrons. The van der Waals surface area contributed by atoms with Gasteiger partial charge in [-0.25, -0.2) is 9.78 Å². The van der Waals surface area contributed by atoms with Crippen LogP contribution < -0.4 is 5.32 Å². The van der Waals surface area contributed by atoms with Gasteiger partial charge in [0.25, 0.3) is 5.91 Å². The quantitative estimate of drug-likeness (QED) is 0.629. The van der Waals surface area contributed by atoms with E-state index in [4.69, 9.17) is 4.74 Å². The standard InChI is InChI=1S/C18H19N3O3S2/c1-24-17(23)13(8-9-25-2)19-16(22)15-11-26-18-20-14(10-21(15)18)12-6-4-3-5-7-12/h3-7,10-11,13H,8-9H2,1-2H3,(H,19,22)/t13-/m1/s1. The monoisotopic (exact) mass is 389 g/mol. The van der Waals surface area contributed by atoms with E-state index < -0.39 is 12.0 Å². The fourth-order valence-electron chi connectivity index (χ4n) is 2.55. The maximum atomic E-state index is 12.7. The Hall–Kier alpha value is -2.32. The number of nitrogens with one attached hydrogen (secondary N) is 1. The van der Waals surface area contributed by atoms with Gasteiger partial charge in [-0.15, -0.1) is 11.3 Å². The Labute approximate surface area is 159 Å². The number of carbonyl (C=O) groups excluding carboxylic acids is 2. The van der Waals surface area contributed by atoms with Crippen LogP contribution in [0.5, 0.6) is 0 Å². The zero-order chi connectivity index (χ0) is 18.5. The van der Waals surface area contributed by atoms with Crippen molar-refractivity contribution in [1.82, 2.24) is 14.7 Å². The van der Waals surface area contributed by atoms with Crippen LogP contribution in [0.4, 0.5) is 0 Å². The van der Waals surface area contributed by atoms with E-state index in [-0.39, 0.29) is 5.91 Å². The molecule has 1 amide bonds. The number of hydrogen-bond donors (Lipinski definition) is 1. The molecule has 0 bridgehead atoms. The van der Waals surface area contributed by atoms with Crippen LogP contribution in [-0.4, -0.2) is 46.4 Å². The summed E-state index contributed by atoms with van der Waals surface area (Å²) in [4.78, 5) is 29.9. The SMILES string of the molecule is COC(=O)[C@@H](CCSC)NC(=O)c1csc2nc(-c3ccccc3)cn12. The van der Waals surface area contributed by atoms with Gasteiger partial charge in [0.2, 0.25) is 0 Å². The van der Waals surface area contributed by atoms with E-state index in [0.717, 1.165) is 22.0 Å². The number of thioether (sulfide) groups is 1. The van der Waals surface area contributed by atoms with Crippen molar-refractivity contribution in [3.05, 3.63) is 47.6 Å². The van der Waals surface area contributed by atoms with Crippen LogP contribution in [0, 0.1) is 0 Å². The van der Waals surface area contributed by atoms with E-state index in [0.29, 0.717) is 12.1 Å². The molecule has 0 spiro atoms. The molecule has 26 heavy (non-hydrogen) atoms. The molecule has 0 saturated heterocycles. The van der Waals surface area contributed by atoms with Crippen LogP contribution in [0.25, 0.3) is 16.2 Å². The van der Waals surface area contributed by atoms with Gasteiger partial charge in [-0.3, -0.25) is 9.20 Å². The average Bonchev–Trinajstić information content (AvgIpc) is 3.25. The van der Waals surface area contributed by atoms with Crippen molar-refractivity contribution < 1.29 is 14.3 Å². The average molecular weight is 390 g/mol. The van der Waals surface area contributed by atoms with Crippen molar-refractivity contribution in [2.24, 2.45) is 0 Å². The predicted octanol–water partition coefficient (Wildman–Crippen LogP) is 3.09. The summed E-state index contributed by atoms with van der Waals surface area (Å²) >= 11 is 3.00. The molecule has 1 aromatic carbocycles. The largest absolute Gasteiger partial charge is 0.467 e. The molecule has 2 heterocycles. The van der Waals surface area contributed by atoms with Gasteiger partial charge in [-0.05, 0) is 18.4 Å². The third kappa shape index (κ3) is 3.91. The summed E-state index contributed by atoms with van der Waals surface area (Å²) in [5, 5.41) is 4.52. The summed E-state index contributed by atoms with van der Waals surface area (Å²) < 4.78 is 6.55. The summed E-state index contributed by atoms with van der Waals surface area (Å²) in [7, 11) is 1.32. The van der Waals surface area contributed by atoms with Crippen LogP contribution in [-0.2, 0) is 9.53 Å². The van der Waals surface area contributed by atoms with Gasteiger partial charge in [0.1, 0.15) is 11.7 Å². The molecule has 3 aromatic rings. The Bertz CT molecular complexity index is 905. The molecule has 0 fully saturated rings. The lowest BCUT2D eigenvalue weighted by Gasteiger charge is -2.15. The number of carbonyl (C=O) groups is 2. The van der Waals surface area contributed by atoms with Crippen molar-refractivity contribution in [3.63, 3.8) is 0 Å². The maximum absolute atomic E-state index is 12.7. The smallest absolute Gasteiger partial charge is 0.328 e. The Morgan fingerprint density at radius 1 is 1.35 bits per heavy atom. The van der Waals surface area contributed by atoms with Crippen molar-refractivity contribution in [2.75, 3.05) is 19.1 Å². The highest BCUT2D eigenvalue weighted by atomic mass is 32.2. The number of thiazole rings is 1. The molecule has 0 aliphatic carbocycles. The Balaban J connectivity index is 1.83. The van der Waals surface area contributed by atoms with Crippen LogP contribution in [0.15, 0.2) is 41.9 Å². The highest BCUT2D eigenvalue weighted by Gasteiger charge is 2.23. The number of benzene rings is 1. The number of nitrogens with zero attached hydrogens (tertiary/aromatic N) is 2. The van der Waals surface area contributed by atoms with Gasteiger partial charge >= 0.3 is 5.97 Å². The third-order valence-electron chi connectivity index (χ3n) is 3.91.